The van der Waals surface area contributed by atoms with Gasteiger partial charge in [-0.2, -0.15) is 17.6 Å². The van der Waals surface area contributed by atoms with E-state index in [0.717, 1.165) is 0 Å². The lowest BCUT2D eigenvalue weighted by Crippen LogP contribution is -2.55. The summed E-state index contributed by atoms with van der Waals surface area (Å²) in [6.07, 6.45) is 0. The second-order valence-corrected chi connectivity index (χ2v) is 1.72. The highest BCUT2D eigenvalue weighted by Crippen LogP contribution is 2.32. The van der Waals surface area contributed by atoms with Crippen molar-refractivity contribution >= 4 is 5.97 Å². The van der Waals surface area contributed by atoms with Crippen LogP contribution in [0.5, 0.6) is 0 Å². The molecule has 0 fully saturated rings. The summed E-state index contributed by atoms with van der Waals surface area (Å²) in [7, 11) is 0. The first kappa shape index (κ1) is 10.2. The van der Waals surface area contributed by atoms with E-state index in [1.54, 1.807) is 0 Å². The fourth-order valence-corrected chi connectivity index (χ4v) is 0.249. The molecule has 0 atom stereocenters. The van der Waals surface area contributed by atoms with Crippen molar-refractivity contribution in [3.8, 4) is 0 Å². The molecule has 0 aromatic rings. The number of aliphatic hydroxyl groups excluding tert-OH is 1. The van der Waals surface area contributed by atoms with Gasteiger partial charge < -0.3 is 15.0 Å². The highest BCUT2D eigenvalue weighted by atomic mass is 19.3. The van der Waals surface area contributed by atoms with Crippen LogP contribution < -0.4 is 5.11 Å². The smallest absolute Gasteiger partial charge is 0.351 e. The summed E-state index contributed by atoms with van der Waals surface area (Å²) in [5.74, 6) is -13.5. The number of alkyl halides is 4. The molecule has 0 aromatic carbocycles. The Morgan fingerprint density at radius 3 is 1.82 bits per heavy atom. The molecule has 3 nitrogen and oxygen atoms in total. The summed E-state index contributed by atoms with van der Waals surface area (Å²) in [5, 5.41) is 17.0. The summed E-state index contributed by atoms with van der Waals surface area (Å²) in [5.41, 5.74) is 0. The van der Waals surface area contributed by atoms with Gasteiger partial charge in [-0.1, -0.05) is 0 Å². The first-order chi connectivity index (χ1) is 4.75. The summed E-state index contributed by atoms with van der Waals surface area (Å²) in [6.45, 7) is -2.24. The molecule has 0 aliphatic carbocycles. The van der Waals surface area contributed by atoms with E-state index in [-0.39, 0.29) is 0 Å². The number of aliphatic carboxylic acids is 1. The minimum Gasteiger partial charge on any atom is -0.544 e. The monoisotopic (exact) mass is 175 g/mol. The zero-order valence-electron chi connectivity index (χ0n) is 4.98. The predicted octanol–water partition coefficient (Wildman–Crippen LogP) is -1.00. The Morgan fingerprint density at radius 1 is 1.36 bits per heavy atom. The van der Waals surface area contributed by atoms with Crippen molar-refractivity contribution in [2.75, 3.05) is 6.61 Å². The zero-order valence-corrected chi connectivity index (χ0v) is 4.98. The molecule has 0 aliphatic heterocycles. The van der Waals surface area contributed by atoms with Gasteiger partial charge in [0.25, 0.3) is 0 Å². The fraction of sp³-hybridized carbons (Fsp3) is 0.750. The van der Waals surface area contributed by atoms with Crippen LogP contribution in [0.15, 0.2) is 0 Å². The molecule has 0 radical (unpaired) electrons. The molecule has 11 heavy (non-hydrogen) atoms. The predicted molar refractivity (Wildman–Crippen MR) is 22.0 cm³/mol. The van der Waals surface area contributed by atoms with Gasteiger partial charge in [0.1, 0.15) is 12.6 Å². The molecule has 1 N–H and O–H groups in total. The number of carbonyl (C=O) groups is 1. The number of carbonyl (C=O) groups excluding carboxylic acids is 1. The molecular weight excluding hydrogens is 172 g/mol. The van der Waals surface area contributed by atoms with Crippen molar-refractivity contribution in [3.63, 3.8) is 0 Å². The normalized spacial score (nSPS) is 13.2. The van der Waals surface area contributed by atoms with Crippen LogP contribution in [-0.4, -0.2) is 29.5 Å². The van der Waals surface area contributed by atoms with Crippen LogP contribution in [0.4, 0.5) is 17.6 Å². The molecule has 66 valence electrons. The average Bonchev–Trinajstić information content (AvgIpc) is 1.87. The molecule has 0 heterocycles. The van der Waals surface area contributed by atoms with Crippen LogP contribution in [0.2, 0.25) is 0 Å². The van der Waals surface area contributed by atoms with Gasteiger partial charge in [0.2, 0.25) is 0 Å². The lowest BCUT2D eigenvalue weighted by atomic mass is 10.2. The average molecular weight is 175 g/mol. The molecule has 0 aromatic heterocycles. The largest absolute Gasteiger partial charge is 0.544 e. The molecular formula is C4H3F4O3-. The second kappa shape index (κ2) is 2.65. The zero-order chi connectivity index (χ0) is 9.28. The first-order valence-corrected chi connectivity index (χ1v) is 2.33. The minimum absolute atomic E-state index is 2.24. The second-order valence-electron chi connectivity index (χ2n) is 1.72. The maximum Gasteiger partial charge on any atom is 0.351 e. The lowest BCUT2D eigenvalue weighted by molar-refractivity contribution is -0.350. The van der Waals surface area contributed by atoms with Crippen LogP contribution in [-0.2, 0) is 4.79 Å². The molecule has 7 heteroatoms. The van der Waals surface area contributed by atoms with Gasteiger partial charge in [0.05, 0.1) is 0 Å². The Morgan fingerprint density at radius 2 is 1.73 bits per heavy atom. The third-order valence-electron chi connectivity index (χ3n) is 0.914. The number of halogens is 4. The van der Waals surface area contributed by atoms with Gasteiger partial charge in [-0.25, -0.2) is 0 Å². The minimum atomic E-state index is -5.33. The van der Waals surface area contributed by atoms with Crippen molar-refractivity contribution in [1.29, 1.82) is 0 Å². The van der Waals surface area contributed by atoms with Crippen LogP contribution in [0.25, 0.3) is 0 Å². The molecule has 0 spiro atoms. The number of rotatable bonds is 3. The topological polar surface area (TPSA) is 60.4 Å². The van der Waals surface area contributed by atoms with E-state index in [1.807, 2.05) is 0 Å². The van der Waals surface area contributed by atoms with Crippen molar-refractivity contribution in [1.82, 2.24) is 0 Å². The molecule has 0 saturated heterocycles. The summed E-state index contributed by atoms with van der Waals surface area (Å²) < 4.78 is 47.0. The maximum atomic E-state index is 11.8. The number of carboxylic acid groups (broad SMARTS) is 1. The van der Waals surface area contributed by atoms with Crippen molar-refractivity contribution in [2.24, 2.45) is 0 Å². The molecule has 0 saturated carbocycles. The van der Waals surface area contributed by atoms with E-state index in [0.29, 0.717) is 0 Å². The molecule has 0 bridgehead atoms. The van der Waals surface area contributed by atoms with Gasteiger partial charge in [0.15, 0.2) is 0 Å². The number of carboxylic acids is 1. The van der Waals surface area contributed by atoms with E-state index in [9.17, 15) is 27.5 Å². The highest BCUT2D eigenvalue weighted by Gasteiger charge is 2.57. The molecule has 0 rings (SSSR count). The Labute approximate surface area is 58.2 Å². The fourth-order valence-electron chi connectivity index (χ4n) is 0.249. The molecule has 0 unspecified atom stereocenters. The number of aliphatic hydroxyl groups is 1. The highest BCUT2D eigenvalue weighted by molar-refractivity contribution is 5.74. The third-order valence-corrected chi connectivity index (χ3v) is 0.914. The van der Waals surface area contributed by atoms with Crippen molar-refractivity contribution in [3.05, 3.63) is 0 Å². The maximum absolute atomic E-state index is 11.8. The summed E-state index contributed by atoms with van der Waals surface area (Å²) in [6, 6.07) is 0. The number of hydrogen-bond acceptors (Lipinski definition) is 3. The Hall–Kier alpha value is -0.850. The van der Waals surface area contributed by atoms with Gasteiger partial charge in [-0.3, -0.25) is 0 Å². The summed E-state index contributed by atoms with van der Waals surface area (Å²) >= 11 is 0. The van der Waals surface area contributed by atoms with Gasteiger partial charge in [-0.05, 0) is 0 Å². The van der Waals surface area contributed by atoms with Crippen molar-refractivity contribution < 1.29 is 32.6 Å². The Balaban J connectivity index is 4.67. The Kier molecular flexibility index (Phi) is 2.44. The van der Waals surface area contributed by atoms with Crippen molar-refractivity contribution in [2.45, 2.75) is 11.8 Å². The SMILES string of the molecule is O=C([O-])C(F)(F)C(F)(F)CO. The van der Waals surface area contributed by atoms with Crippen LogP contribution in [0.1, 0.15) is 0 Å². The van der Waals surface area contributed by atoms with Crippen LogP contribution >= 0.6 is 0 Å². The Bertz CT molecular complexity index is 167. The lowest BCUT2D eigenvalue weighted by Gasteiger charge is -2.24. The van der Waals surface area contributed by atoms with E-state index in [2.05, 4.69) is 0 Å². The van der Waals surface area contributed by atoms with E-state index < -0.39 is 24.4 Å². The van der Waals surface area contributed by atoms with Gasteiger partial charge in [-0.15, -0.1) is 0 Å². The molecule has 0 amide bonds. The quantitative estimate of drug-likeness (QED) is 0.559. The first-order valence-electron chi connectivity index (χ1n) is 2.33. The number of hydrogen-bond donors (Lipinski definition) is 1. The van der Waals surface area contributed by atoms with Crippen LogP contribution in [0.3, 0.4) is 0 Å². The van der Waals surface area contributed by atoms with Gasteiger partial charge in [0, 0.05) is 0 Å². The molecule has 0 aliphatic rings. The third kappa shape index (κ3) is 1.59. The summed E-state index contributed by atoms with van der Waals surface area (Å²) in [4.78, 5) is 9.37. The van der Waals surface area contributed by atoms with Crippen LogP contribution in [0, 0.1) is 0 Å². The van der Waals surface area contributed by atoms with E-state index in [4.69, 9.17) is 5.11 Å². The van der Waals surface area contributed by atoms with E-state index >= 15 is 0 Å². The standard InChI is InChI=1S/C4H4F4O3/c5-3(6,1-9)4(7,8)2(10)11/h9H,1H2,(H,10,11)/p-1. The van der Waals surface area contributed by atoms with E-state index in [1.165, 1.54) is 0 Å². The van der Waals surface area contributed by atoms with Gasteiger partial charge >= 0.3 is 11.8 Å².